The first-order chi connectivity index (χ1) is 18.0. The third-order valence-corrected chi connectivity index (χ3v) is 7.38. The minimum Gasteiger partial charge on any atom is -0.346 e. The fraction of sp³-hybridized carbons (Fsp3) is 0.370. The van der Waals surface area contributed by atoms with Crippen LogP contribution in [0.2, 0.25) is 0 Å². The Morgan fingerprint density at radius 2 is 2.03 bits per heavy atom. The number of rotatable bonds is 6. The van der Waals surface area contributed by atoms with E-state index < -0.39 is 0 Å². The Hall–Kier alpha value is -4.05. The van der Waals surface area contributed by atoms with E-state index in [4.69, 9.17) is 9.98 Å². The predicted octanol–water partition coefficient (Wildman–Crippen LogP) is 3.67. The number of aromatic nitrogens is 5. The highest BCUT2D eigenvalue weighted by molar-refractivity contribution is 5.89. The van der Waals surface area contributed by atoms with Gasteiger partial charge in [0.15, 0.2) is 5.82 Å². The molecule has 1 amide bonds. The first-order valence-corrected chi connectivity index (χ1v) is 12.8. The van der Waals surface area contributed by atoms with Crippen LogP contribution in [-0.2, 0) is 11.2 Å². The number of H-pyrrole nitrogens is 1. The highest BCUT2D eigenvalue weighted by atomic mass is 16.2. The summed E-state index contributed by atoms with van der Waals surface area (Å²) in [5.74, 6) is 1.40. The zero-order valence-corrected chi connectivity index (χ0v) is 21.1. The predicted molar refractivity (Wildman–Crippen MR) is 144 cm³/mol. The standard InChI is InChI=1S/C27H31N9O/c1-18(26(37)35-13-11-34(2)12-14-35)36-17-21(16-30-36)31-27-32-24-23(9-10-28-24)25(33-27)29-15-20-8-7-19-5-3-4-6-22(19)20/h3-6,9-10,15-18,20H,7-8,11-14H2,1-2H3,(H2,28,31,32,33). The van der Waals surface area contributed by atoms with E-state index in [1.165, 1.54) is 11.1 Å². The lowest BCUT2D eigenvalue weighted by Crippen LogP contribution is -2.49. The molecule has 2 unspecified atom stereocenters. The number of aliphatic imine (C=N–C) groups is 1. The first-order valence-electron chi connectivity index (χ1n) is 12.8. The van der Waals surface area contributed by atoms with E-state index in [1.54, 1.807) is 10.9 Å². The smallest absolute Gasteiger partial charge is 0.247 e. The average Bonchev–Trinajstić information content (AvgIpc) is 3.67. The summed E-state index contributed by atoms with van der Waals surface area (Å²) in [4.78, 5) is 34.4. The maximum absolute atomic E-state index is 13.0. The van der Waals surface area contributed by atoms with Crippen LogP contribution in [0.4, 0.5) is 17.5 Å². The number of amides is 1. The molecule has 0 bridgehead atoms. The van der Waals surface area contributed by atoms with Crippen molar-refractivity contribution in [3.8, 4) is 0 Å². The van der Waals surface area contributed by atoms with E-state index in [0.29, 0.717) is 23.1 Å². The molecule has 0 spiro atoms. The molecule has 4 aromatic rings. The Morgan fingerprint density at radius 1 is 1.19 bits per heavy atom. The Morgan fingerprint density at radius 3 is 2.89 bits per heavy atom. The molecule has 10 nitrogen and oxygen atoms in total. The molecule has 2 atom stereocenters. The number of carbonyl (C=O) groups excluding carboxylic acids is 1. The van der Waals surface area contributed by atoms with Gasteiger partial charge in [-0.3, -0.25) is 9.48 Å². The van der Waals surface area contributed by atoms with E-state index >= 15 is 0 Å². The minimum absolute atomic E-state index is 0.0805. The van der Waals surface area contributed by atoms with Crippen molar-refractivity contribution in [2.45, 2.75) is 31.7 Å². The average molecular weight is 498 g/mol. The second kappa shape index (κ2) is 9.78. The minimum atomic E-state index is -0.389. The lowest BCUT2D eigenvalue weighted by Gasteiger charge is -2.33. The molecule has 1 saturated heterocycles. The molecule has 190 valence electrons. The number of fused-ring (bicyclic) bond motifs is 2. The van der Waals surface area contributed by atoms with Gasteiger partial charge in [0.2, 0.25) is 11.9 Å². The van der Waals surface area contributed by atoms with Gasteiger partial charge in [-0.15, -0.1) is 0 Å². The van der Waals surface area contributed by atoms with Crippen LogP contribution in [0.5, 0.6) is 0 Å². The molecule has 10 heteroatoms. The molecule has 1 fully saturated rings. The van der Waals surface area contributed by atoms with Gasteiger partial charge in [0.05, 0.1) is 17.3 Å². The number of benzene rings is 1. The van der Waals surface area contributed by atoms with E-state index in [2.05, 4.69) is 56.6 Å². The number of likely N-dealkylation sites (N-methyl/N-ethyl adjacent to an activating group) is 1. The molecule has 0 saturated carbocycles. The molecule has 2 aliphatic rings. The quantitative estimate of drug-likeness (QED) is 0.394. The molecule has 1 aromatic carbocycles. The molecule has 2 N–H and O–H groups in total. The lowest BCUT2D eigenvalue weighted by molar-refractivity contribution is -0.136. The van der Waals surface area contributed by atoms with Crippen LogP contribution in [0.15, 0.2) is 53.9 Å². The molecule has 6 rings (SSSR count). The van der Waals surface area contributed by atoms with Crippen molar-refractivity contribution in [2.24, 2.45) is 4.99 Å². The molecular formula is C27H31N9O. The molecule has 37 heavy (non-hydrogen) atoms. The second-order valence-corrected chi connectivity index (χ2v) is 9.87. The monoisotopic (exact) mass is 497 g/mol. The fourth-order valence-corrected chi connectivity index (χ4v) is 5.13. The van der Waals surface area contributed by atoms with Crippen molar-refractivity contribution in [1.29, 1.82) is 0 Å². The molecule has 4 heterocycles. The van der Waals surface area contributed by atoms with Crippen molar-refractivity contribution >= 4 is 40.6 Å². The summed E-state index contributed by atoms with van der Waals surface area (Å²) in [5.41, 5.74) is 4.16. The van der Waals surface area contributed by atoms with Crippen molar-refractivity contribution in [2.75, 3.05) is 38.5 Å². The third kappa shape index (κ3) is 4.72. The zero-order valence-electron chi connectivity index (χ0n) is 21.1. The first kappa shape index (κ1) is 23.4. The van der Waals surface area contributed by atoms with Gasteiger partial charge in [-0.05, 0) is 44.0 Å². The van der Waals surface area contributed by atoms with Crippen LogP contribution in [0.3, 0.4) is 0 Å². The maximum atomic E-state index is 13.0. The summed E-state index contributed by atoms with van der Waals surface area (Å²) in [7, 11) is 2.08. The van der Waals surface area contributed by atoms with Crippen LogP contribution >= 0.6 is 0 Å². The van der Waals surface area contributed by atoms with Crippen molar-refractivity contribution in [3.05, 3.63) is 60.0 Å². The van der Waals surface area contributed by atoms with Gasteiger partial charge in [-0.1, -0.05) is 24.3 Å². The van der Waals surface area contributed by atoms with Crippen LogP contribution in [0, 0.1) is 0 Å². The van der Waals surface area contributed by atoms with Crippen LogP contribution in [0.1, 0.15) is 36.4 Å². The summed E-state index contributed by atoms with van der Waals surface area (Å²) in [6.07, 6.45) is 9.49. The Bertz CT molecular complexity index is 1450. The van der Waals surface area contributed by atoms with E-state index in [-0.39, 0.29) is 17.9 Å². The maximum Gasteiger partial charge on any atom is 0.247 e. The number of aryl methyl sites for hydroxylation is 1. The van der Waals surface area contributed by atoms with Gasteiger partial charge in [0.1, 0.15) is 11.7 Å². The molecule has 1 aliphatic heterocycles. The fourth-order valence-electron chi connectivity index (χ4n) is 5.13. The largest absolute Gasteiger partial charge is 0.346 e. The van der Waals surface area contributed by atoms with Gasteiger partial charge in [0, 0.05) is 50.7 Å². The second-order valence-electron chi connectivity index (χ2n) is 9.87. The summed E-state index contributed by atoms with van der Waals surface area (Å²) in [5, 5.41) is 8.54. The summed E-state index contributed by atoms with van der Waals surface area (Å²) in [6, 6.07) is 10.1. The Kier molecular flexibility index (Phi) is 6.17. The van der Waals surface area contributed by atoms with Crippen molar-refractivity contribution in [3.63, 3.8) is 0 Å². The molecule has 1 aliphatic carbocycles. The molecule has 0 radical (unpaired) electrons. The van der Waals surface area contributed by atoms with Gasteiger partial charge in [-0.2, -0.15) is 15.1 Å². The topological polar surface area (TPSA) is 107 Å². The van der Waals surface area contributed by atoms with E-state index in [1.807, 2.05) is 36.5 Å². The summed E-state index contributed by atoms with van der Waals surface area (Å²) >= 11 is 0. The van der Waals surface area contributed by atoms with Crippen LogP contribution in [-0.4, -0.2) is 79.9 Å². The van der Waals surface area contributed by atoms with E-state index in [0.717, 1.165) is 44.4 Å². The zero-order chi connectivity index (χ0) is 25.4. The normalized spacial score (nSPS) is 19.0. The number of nitrogens with one attached hydrogen (secondary N) is 2. The van der Waals surface area contributed by atoms with Gasteiger partial charge >= 0.3 is 0 Å². The number of nitrogens with zero attached hydrogens (tertiary/aromatic N) is 7. The van der Waals surface area contributed by atoms with Gasteiger partial charge in [0.25, 0.3) is 0 Å². The van der Waals surface area contributed by atoms with Crippen molar-refractivity contribution < 1.29 is 4.79 Å². The highest BCUT2D eigenvalue weighted by Gasteiger charge is 2.25. The van der Waals surface area contributed by atoms with Crippen molar-refractivity contribution in [1.82, 2.24) is 34.5 Å². The summed E-state index contributed by atoms with van der Waals surface area (Å²) in [6.45, 7) is 5.15. The SMILES string of the molecule is CC(C(=O)N1CCN(C)CC1)n1cc(Nc2nc(N=CC3CCc4ccccc43)c3cc[nH]c3n2)cn1. The van der Waals surface area contributed by atoms with Crippen LogP contribution < -0.4 is 5.32 Å². The van der Waals surface area contributed by atoms with Crippen LogP contribution in [0.25, 0.3) is 11.0 Å². The number of hydrogen-bond acceptors (Lipinski definition) is 7. The van der Waals surface area contributed by atoms with Gasteiger partial charge < -0.3 is 20.1 Å². The Labute approximate surface area is 215 Å². The third-order valence-electron chi connectivity index (χ3n) is 7.38. The highest BCUT2D eigenvalue weighted by Crippen LogP contribution is 2.33. The number of hydrogen-bond donors (Lipinski definition) is 2. The number of anilines is 2. The number of aromatic amines is 1. The Balaban J connectivity index is 1.19. The number of piperazine rings is 1. The molecular weight excluding hydrogens is 466 g/mol. The van der Waals surface area contributed by atoms with E-state index in [9.17, 15) is 4.79 Å². The summed E-state index contributed by atoms with van der Waals surface area (Å²) < 4.78 is 1.69. The lowest BCUT2D eigenvalue weighted by atomic mass is 10.0. The molecule has 3 aromatic heterocycles. The van der Waals surface area contributed by atoms with Gasteiger partial charge in [-0.25, -0.2) is 4.99 Å². The number of carbonyl (C=O) groups is 1.